The topological polar surface area (TPSA) is 64.2 Å². The van der Waals surface area contributed by atoms with Crippen LogP contribution in [0, 0.1) is 0 Å². The highest BCUT2D eigenvalue weighted by atomic mass is 35.5. The van der Waals surface area contributed by atoms with Gasteiger partial charge in [0.15, 0.2) is 0 Å². The van der Waals surface area contributed by atoms with Gasteiger partial charge >= 0.3 is 0 Å². The van der Waals surface area contributed by atoms with E-state index in [4.69, 9.17) is 11.6 Å². The number of benzene rings is 2. The fraction of sp³-hybridized carbons (Fsp3) is 0.423. The molecule has 0 radical (unpaired) electrons. The maximum atomic E-state index is 13.8. The van der Waals surface area contributed by atoms with Crippen LogP contribution >= 0.6 is 11.6 Å². The van der Waals surface area contributed by atoms with Crippen molar-refractivity contribution in [1.82, 2.24) is 14.7 Å². The van der Waals surface area contributed by atoms with Gasteiger partial charge in [0, 0.05) is 42.5 Å². The van der Waals surface area contributed by atoms with Gasteiger partial charge in [-0.2, -0.15) is 0 Å². The third-order valence-electron chi connectivity index (χ3n) is 6.97. The Balaban J connectivity index is 1.56. The minimum Gasteiger partial charge on any atom is -0.342 e. The van der Waals surface area contributed by atoms with Gasteiger partial charge in [-0.05, 0) is 57.0 Å². The van der Waals surface area contributed by atoms with Crippen molar-refractivity contribution in [2.45, 2.75) is 32.2 Å². The average molecular weight is 483 g/mol. The number of rotatable bonds is 6. The summed E-state index contributed by atoms with van der Waals surface area (Å²) in [6.45, 7) is 6.46. The van der Waals surface area contributed by atoms with E-state index in [1.54, 1.807) is 39.0 Å². The largest absolute Gasteiger partial charge is 0.342 e. The highest BCUT2D eigenvalue weighted by Crippen LogP contribution is 2.39. The Bertz CT molecular complexity index is 1050. The molecule has 0 aliphatic carbocycles. The Labute approximate surface area is 205 Å². The monoisotopic (exact) mass is 482 g/mol. The number of nitrogens with zero attached hydrogens (tertiary/aromatic N) is 4. The molecule has 2 aliphatic rings. The number of likely N-dealkylation sites (tertiary alicyclic amines) is 1. The number of para-hydroxylation sites is 1. The first-order valence-corrected chi connectivity index (χ1v) is 12.2. The van der Waals surface area contributed by atoms with Crippen LogP contribution in [0.5, 0.6) is 0 Å². The number of piperidine rings is 1. The molecule has 2 saturated heterocycles. The SMILES string of the molecule is CCN(CC)C(=O)CN1CN(c2ccccc2)C2(CCN(C(=O)c3cccc(Cl)c3)CC2)C1=O. The van der Waals surface area contributed by atoms with Gasteiger partial charge in [0.05, 0.1) is 6.67 Å². The number of carbonyl (C=O) groups excluding carboxylic acids is 3. The van der Waals surface area contributed by atoms with E-state index in [-0.39, 0.29) is 24.3 Å². The lowest BCUT2D eigenvalue weighted by atomic mass is 9.85. The molecule has 2 aromatic carbocycles. The molecule has 2 aromatic rings. The van der Waals surface area contributed by atoms with Crippen LogP contribution in [-0.2, 0) is 9.59 Å². The second-order valence-electron chi connectivity index (χ2n) is 8.81. The summed E-state index contributed by atoms with van der Waals surface area (Å²) < 4.78 is 0. The van der Waals surface area contributed by atoms with Crippen molar-refractivity contribution < 1.29 is 14.4 Å². The molecular formula is C26H31ClN4O3. The maximum absolute atomic E-state index is 13.8. The van der Waals surface area contributed by atoms with Crippen molar-refractivity contribution in [2.24, 2.45) is 0 Å². The summed E-state index contributed by atoms with van der Waals surface area (Å²) in [5.74, 6) is -0.161. The molecule has 0 N–H and O–H groups in total. The summed E-state index contributed by atoms with van der Waals surface area (Å²) in [7, 11) is 0. The molecule has 2 fully saturated rings. The maximum Gasteiger partial charge on any atom is 0.253 e. The van der Waals surface area contributed by atoms with Crippen LogP contribution in [0.4, 0.5) is 5.69 Å². The van der Waals surface area contributed by atoms with Gasteiger partial charge < -0.3 is 19.6 Å². The number of amides is 3. The number of anilines is 1. The van der Waals surface area contributed by atoms with Crippen LogP contribution in [0.2, 0.25) is 5.02 Å². The van der Waals surface area contributed by atoms with E-state index in [1.165, 1.54) is 0 Å². The van der Waals surface area contributed by atoms with Crippen LogP contribution in [0.25, 0.3) is 0 Å². The van der Waals surface area contributed by atoms with Crippen molar-refractivity contribution in [2.75, 3.05) is 44.3 Å². The van der Waals surface area contributed by atoms with E-state index >= 15 is 0 Å². The van der Waals surface area contributed by atoms with E-state index in [2.05, 4.69) is 4.90 Å². The zero-order chi connectivity index (χ0) is 24.3. The third-order valence-corrected chi connectivity index (χ3v) is 7.21. The first kappa shape index (κ1) is 24.1. The molecule has 2 heterocycles. The summed E-state index contributed by atoms with van der Waals surface area (Å²) in [5, 5.41) is 0.522. The van der Waals surface area contributed by atoms with Crippen LogP contribution in [0.15, 0.2) is 54.6 Å². The minimum absolute atomic E-state index is 0.0355. The van der Waals surface area contributed by atoms with Crippen molar-refractivity contribution in [3.05, 3.63) is 65.2 Å². The molecule has 0 saturated carbocycles. The molecule has 0 aromatic heterocycles. The third kappa shape index (κ3) is 4.49. The van der Waals surface area contributed by atoms with E-state index < -0.39 is 5.54 Å². The number of carbonyl (C=O) groups is 3. The molecule has 4 rings (SSSR count). The zero-order valence-electron chi connectivity index (χ0n) is 19.7. The lowest BCUT2D eigenvalue weighted by Gasteiger charge is -2.43. The van der Waals surface area contributed by atoms with Gasteiger partial charge in [0.25, 0.3) is 11.8 Å². The van der Waals surface area contributed by atoms with Crippen molar-refractivity contribution in [3.63, 3.8) is 0 Å². The van der Waals surface area contributed by atoms with Crippen molar-refractivity contribution in [1.29, 1.82) is 0 Å². The van der Waals surface area contributed by atoms with Crippen LogP contribution in [0.3, 0.4) is 0 Å². The second kappa shape index (κ2) is 10.1. The van der Waals surface area contributed by atoms with Gasteiger partial charge in [-0.1, -0.05) is 35.9 Å². The summed E-state index contributed by atoms with van der Waals surface area (Å²) >= 11 is 6.07. The second-order valence-corrected chi connectivity index (χ2v) is 9.24. The Kier molecular flexibility index (Phi) is 7.12. The number of likely N-dealkylation sites (N-methyl/N-ethyl adjacent to an activating group) is 1. The fourth-order valence-electron chi connectivity index (χ4n) is 5.05. The lowest BCUT2D eigenvalue weighted by molar-refractivity contribution is -0.140. The van der Waals surface area contributed by atoms with E-state index in [1.807, 2.05) is 44.2 Å². The van der Waals surface area contributed by atoms with E-state index in [9.17, 15) is 14.4 Å². The predicted octanol–water partition coefficient (Wildman–Crippen LogP) is 3.49. The molecule has 2 aliphatic heterocycles. The Morgan fingerprint density at radius 1 is 1.00 bits per heavy atom. The molecule has 1 spiro atoms. The predicted molar refractivity (Wildman–Crippen MR) is 133 cm³/mol. The standard InChI is InChI=1S/C26H31ClN4O3/c1-3-28(4-2)23(32)18-30-19-31(22-11-6-5-7-12-22)26(25(30)34)13-15-29(16-14-26)24(33)20-9-8-10-21(27)17-20/h5-12,17H,3-4,13-16,18-19H2,1-2H3. The number of hydrogen-bond donors (Lipinski definition) is 0. The molecule has 8 heteroatoms. The molecular weight excluding hydrogens is 452 g/mol. The molecule has 3 amide bonds. The van der Waals surface area contributed by atoms with Crippen LogP contribution in [-0.4, -0.2) is 77.4 Å². The minimum atomic E-state index is -0.768. The summed E-state index contributed by atoms with van der Waals surface area (Å²) in [6.07, 6.45) is 1.01. The molecule has 34 heavy (non-hydrogen) atoms. The van der Waals surface area contributed by atoms with E-state index in [0.717, 1.165) is 5.69 Å². The fourth-order valence-corrected chi connectivity index (χ4v) is 5.24. The van der Waals surface area contributed by atoms with E-state index in [0.29, 0.717) is 56.3 Å². The van der Waals surface area contributed by atoms with Crippen molar-refractivity contribution >= 4 is 35.0 Å². The smallest absolute Gasteiger partial charge is 0.253 e. The first-order valence-electron chi connectivity index (χ1n) is 11.8. The Morgan fingerprint density at radius 3 is 2.29 bits per heavy atom. The lowest BCUT2D eigenvalue weighted by Crippen LogP contribution is -2.57. The highest BCUT2D eigenvalue weighted by Gasteiger charge is 2.54. The number of hydrogen-bond acceptors (Lipinski definition) is 4. The van der Waals surface area contributed by atoms with Crippen LogP contribution < -0.4 is 4.90 Å². The van der Waals surface area contributed by atoms with Gasteiger partial charge in [0.1, 0.15) is 12.1 Å². The summed E-state index contributed by atoms with van der Waals surface area (Å²) in [5.41, 5.74) is 0.728. The molecule has 180 valence electrons. The summed E-state index contributed by atoms with van der Waals surface area (Å²) in [4.78, 5) is 47.0. The molecule has 0 unspecified atom stereocenters. The van der Waals surface area contributed by atoms with Crippen molar-refractivity contribution in [3.8, 4) is 0 Å². The van der Waals surface area contributed by atoms with Crippen LogP contribution in [0.1, 0.15) is 37.0 Å². The molecule has 0 bridgehead atoms. The van der Waals surface area contributed by atoms with Gasteiger partial charge in [-0.15, -0.1) is 0 Å². The normalized spacial score (nSPS) is 17.4. The Morgan fingerprint density at radius 2 is 1.68 bits per heavy atom. The van der Waals surface area contributed by atoms with Gasteiger partial charge in [-0.25, -0.2) is 0 Å². The molecule has 0 atom stereocenters. The zero-order valence-corrected chi connectivity index (χ0v) is 20.5. The quantitative estimate of drug-likeness (QED) is 0.632. The number of halogens is 1. The average Bonchev–Trinajstić information content (AvgIpc) is 3.11. The van der Waals surface area contributed by atoms with Gasteiger partial charge in [-0.3, -0.25) is 14.4 Å². The Hall–Kier alpha value is -3.06. The summed E-state index contributed by atoms with van der Waals surface area (Å²) in [6, 6.07) is 16.8. The first-order chi connectivity index (χ1) is 16.4. The molecule has 7 nitrogen and oxygen atoms in total. The highest BCUT2D eigenvalue weighted by molar-refractivity contribution is 6.31. The van der Waals surface area contributed by atoms with Gasteiger partial charge in [0.2, 0.25) is 5.91 Å².